The van der Waals surface area contributed by atoms with Gasteiger partial charge >= 0.3 is 0 Å². The second kappa shape index (κ2) is 10.9. The van der Waals surface area contributed by atoms with Crippen LogP contribution in [-0.2, 0) is 17.8 Å². The van der Waals surface area contributed by atoms with Crippen LogP contribution in [0.1, 0.15) is 15.2 Å². The Morgan fingerprint density at radius 3 is 2.52 bits per heavy atom. The molecule has 0 atom stereocenters. The summed E-state index contributed by atoms with van der Waals surface area (Å²) in [6.45, 7) is 0.649. The third-order valence-electron chi connectivity index (χ3n) is 4.86. The fraction of sp³-hybridized carbons (Fsp3) is 0.167. The number of ether oxygens (including phenoxy) is 1. The normalized spacial score (nSPS) is 10.7. The second-order valence-corrected chi connectivity index (χ2v) is 8.96. The molecule has 0 fully saturated rings. The Morgan fingerprint density at radius 1 is 1.03 bits per heavy atom. The van der Waals surface area contributed by atoms with Crippen molar-refractivity contribution in [2.45, 2.75) is 18.1 Å². The topological polar surface area (TPSA) is 86.1 Å². The van der Waals surface area contributed by atoms with Gasteiger partial charge in [-0.15, -0.1) is 21.5 Å². The SMILES string of the molecule is COc1ccc(-c2nnc(SCC(=O)NC(=O)c3cccs3)n2CCc2ccccc2)cc1. The minimum Gasteiger partial charge on any atom is -0.497 e. The van der Waals surface area contributed by atoms with Gasteiger partial charge in [0, 0.05) is 12.1 Å². The lowest BCUT2D eigenvalue weighted by molar-refractivity contribution is -0.117. The first-order valence-electron chi connectivity index (χ1n) is 10.3. The molecule has 4 rings (SSSR count). The van der Waals surface area contributed by atoms with Crippen molar-refractivity contribution in [3.05, 3.63) is 82.6 Å². The molecule has 0 saturated carbocycles. The van der Waals surface area contributed by atoms with E-state index < -0.39 is 0 Å². The van der Waals surface area contributed by atoms with Gasteiger partial charge in [-0.1, -0.05) is 48.2 Å². The van der Waals surface area contributed by atoms with Crippen LogP contribution in [0.2, 0.25) is 0 Å². The van der Waals surface area contributed by atoms with Crippen molar-refractivity contribution in [3.8, 4) is 17.1 Å². The summed E-state index contributed by atoms with van der Waals surface area (Å²) in [5, 5.41) is 13.6. The number of thioether (sulfide) groups is 1. The highest BCUT2D eigenvalue weighted by molar-refractivity contribution is 7.99. The molecular weight excluding hydrogens is 456 g/mol. The summed E-state index contributed by atoms with van der Waals surface area (Å²) in [5.41, 5.74) is 2.10. The molecule has 2 aromatic carbocycles. The number of carbonyl (C=O) groups excluding carboxylic acids is 2. The summed E-state index contributed by atoms with van der Waals surface area (Å²) in [6.07, 6.45) is 0.790. The number of hydrogen-bond acceptors (Lipinski definition) is 7. The van der Waals surface area contributed by atoms with Gasteiger partial charge in [-0.2, -0.15) is 0 Å². The minimum absolute atomic E-state index is 0.0587. The quantitative estimate of drug-likeness (QED) is 0.361. The zero-order valence-electron chi connectivity index (χ0n) is 17.9. The van der Waals surface area contributed by atoms with Crippen molar-refractivity contribution in [3.63, 3.8) is 0 Å². The van der Waals surface area contributed by atoms with Crippen molar-refractivity contribution in [2.24, 2.45) is 0 Å². The number of methoxy groups -OCH3 is 1. The summed E-state index contributed by atoms with van der Waals surface area (Å²) in [7, 11) is 1.63. The Labute approximate surface area is 199 Å². The fourth-order valence-corrected chi connectivity index (χ4v) is 4.58. The van der Waals surface area contributed by atoms with E-state index in [1.807, 2.05) is 47.0 Å². The van der Waals surface area contributed by atoms with Crippen LogP contribution in [0.25, 0.3) is 11.4 Å². The van der Waals surface area contributed by atoms with Crippen molar-refractivity contribution in [1.29, 1.82) is 0 Å². The minimum atomic E-state index is -0.389. The number of aryl methyl sites for hydroxylation is 1. The molecule has 0 aliphatic heterocycles. The third kappa shape index (κ3) is 5.88. The molecule has 0 aliphatic rings. The molecule has 4 aromatic rings. The summed E-state index contributed by atoms with van der Waals surface area (Å²) >= 11 is 2.55. The van der Waals surface area contributed by atoms with Gasteiger partial charge in [0.25, 0.3) is 5.91 Å². The molecule has 0 unspecified atom stereocenters. The number of amides is 2. The fourth-order valence-electron chi connectivity index (χ4n) is 3.20. The van der Waals surface area contributed by atoms with E-state index in [4.69, 9.17) is 4.74 Å². The number of carbonyl (C=O) groups is 2. The molecule has 2 aromatic heterocycles. The number of benzene rings is 2. The van der Waals surface area contributed by atoms with Crippen molar-refractivity contribution >= 4 is 34.9 Å². The van der Waals surface area contributed by atoms with Gasteiger partial charge in [0.15, 0.2) is 11.0 Å². The molecule has 1 N–H and O–H groups in total. The maximum atomic E-state index is 12.3. The van der Waals surface area contributed by atoms with Gasteiger partial charge in [-0.05, 0) is 47.7 Å². The van der Waals surface area contributed by atoms with Crippen LogP contribution in [0.15, 0.2) is 77.3 Å². The molecule has 0 radical (unpaired) electrons. The largest absolute Gasteiger partial charge is 0.497 e. The van der Waals surface area contributed by atoms with E-state index >= 15 is 0 Å². The smallest absolute Gasteiger partial charge is 0.267 e. The first-order valence-corrected chi connectivity index (χ1v) is 12.1. The molecular formula is C24H22N4O3S2. The molecule has 2 heterocycles. The van der Waals surface area contributed by atoms with Gasteiger partial charge < -0.3 is 9.30 Å². The number of imide groups is 1. The molecule has 0 aliphatic carbocycles. The Balaban J connectivity index is 1.50. The maximum absolute atomic E-state index is 12.3. The van der Waals surface area contributed by atoms with E-state index in [-0.39, 0.29) is 17.6 Å². The number of hydrogen-bond donors (Lipinski definition) is 1. The van der Waals surface area contributed by atoms with Crippen LogP contribution in [0.4, 0.5) is 0 Å². The van der Waals surface area contributed by atoms with Crippen molar-refractivity contribution < 1.29 is 14.3 Å². The van der Waals surface area contributed by atoms with E-state index in [1.54, 1.807) is 24.6 Å². The van der Waals surface area contributed by atoms with Crippen LogP contribution >= 0.6 is 23.1 Å². The van der Waals surface area contributed by atoms with E-state index in [1.165, 1.54) is 28.7 Å². The number of aromatic nitrogens is 3. The average molecular weight is 479 g/mol. The third-order valence-corrected chi connectivity index (χ3v) is 6.70. The standard InChI is InChI=1S/C24H22N4O3S2/c1-31-19-11-9-18(10-12-19)22-26-27-24(28(22)14-13-17-6-3-2-4-7-17)33-16-21(29)25-23(30)20-8-5-15-32-20/h2-12,15H,13-14,16H2,1H3,(H,25,29,30). The lowest BCUT2D eigenvalue weighted by atomic mass is 10.1. The van der Waals surface area contributed by atoms with Crippen LogP contribution in [0.3, 0.4) is 0 Å². The zero-order valence-corrected chi connectivity index (χ0v) is 19.6. The monoisotopic (exact) mass is 478 g/mol. The number of thiophene rings is 1. The van der Waals surface area contributed by atoms with Gasteiger partial charge in [-0.25, -0.2) is 0 Å². The summed E-state index contributed by atoms with van der Waals surface area (Å²) in [4.78, 5) is 25.0. The molecule has 7 nitrogen and oxygen atoms in total. The zero-order chi connectivity index (χ0) is 23.0. The average Bonchev–Trinajstić information content (AvgIpc) is 3.52. The van der Waals surface area contributed by atoms with Crippen molar-refractivity contribution in [1.82, 2.24) is 20.1 Å². The second-order valence-electron chi connectivity index (χ2n) is 7.07. The number of rotatable bonds is 9. The predicted octanol–water partition coefficient (Wildman–Crippen LogP) is 4.31. The summed E-state index contributed by atoms with van der Waals surface area (Å²) in [6, 6.07) is 21.2. The van der Waals surface area contributed by atoms with Crippen LogP contribution in [0, 0.1) is 0 Å². The lowest BCUT2D eigenvalue weighted by Gasteiger charge is -2.11. The summed E-state index contributed by atoms with van der Waals surface area (Å²) < 4.78 is 7.26. The molecule has 0 saturated heterocycles. The van der Waals surface area contributed by atoms with Crippen molar-refractivity contribution in [2.75, 3.05) is 12.9 Å². The first-order chi connectivity index (χ1) is 16.1. The van der Waals surface area contributed by atoms with Crippen LogP contribution in [-0.4, -0.2) is 39.4 Å². The van der Waals surface area contributed by atoms with Gasteiger partial charge in [-0.3, -0.25) is 14.9 Å². The maximum Gasteiger partial charge on any atom is 0.267 e. The van der Waals surface area contributed by atoms with E-state index in [2.05, 4.69) is 27.6 Å². The van der Waals surface area contributed by atoms with E-state index in [9.17, 15) is 9.59 Å². The Kier molecular flexibility index (Phi) is 7.54. The highest BCUT2D eigenvalue weighted by atomic mass is 32.2. The Bertz CT molecular complexity index is 1210. The Morgan fingerprint density at radius 2 is 1.82 bits per heavy atom. The molecule has 0 bridgehead atoms. The highest BCUT2D eigenvalue weighted by Gasteiger charge is 2.17. The van der Waals surface area contributed by atoms with Crippen LogP contribution in [0.5, 0.6) is 5.75 Å². The van der Waals surface area contributed by atoms with E-state index in [0.717, 1.165) is 17.7 Å². The van der Waals surface area contributed by atoms with Gasteiger partial charge in [0.1, 0.15) is 5.75 Å². The van der Waals surface area contributed by atoms with Gasteiger partial charge in [0.2, 0.25) is 5.91 Å². The Hall–Kier alpha value is -3.43. The summed E-state index contributed by atoms with van der Waals surface area (Å²) in [5.74, 6) is 0.771. The molecule has 33 heavy (non-hydrogen) atoms. The highest BCUT2D eigenvalue weighted by Crippen LogP contribution is 2.26. The molecule has 168 valence electrons. The first kappa shape index (κ1) is 22.8. The number of nitrogens with one attached hydrogen (secondary N) is 1. The van der Waals surface area contributed by atoms with Gasteiger partial charge in [0.05, 0.1) is 17.7 Å². The number of nitrogens with zero attached hydrogens (tertiary/aromatic N) is 3. The molecule has 0 spiro atoms. The molecule has 9 heteroatoms. The predicted molar refractivity (Wildman–Crippen MR) is 130 cm³/mol. The lowest BCUT2D eigenvalue weighted by Crippen LogP contribution is -2.31. The van der Waals surface area contributed by atoms with E-state index in [0.29, 0.717) is 22.4 Å². The molecule has 2 amide bonds. The van der Waals surface area contributed by atoms with Crippen LogP contribution < -0.4 is 10.1 Å².